The second-order valence-electron chi connectivity index (χ2n) is 7.71. The van der Waals surface area contributed by atoms with Crippen LogP contribution in [0.5, 0.6) is 0 Å². The van der Waals surface area contributed by atoms with Crippen LogP contribution in [0.25, 0.3) is 0 Å². The number of aromatic nitrogens is 2. The van der Waals surface area contributed by atoms with Crippen molar-refractivity contribution in [2.45, 2.75) is 21.5 Å². The van der Waals surface area contributed by atoms with Gasteiger partial charge in [0.25, 0.3) is 5.91 Å². The van der Waals surface area contributed by atoms with Gasteiger partial charge in [-0.05, 0) is 23.8 Å². The zero-order valence-electron chi connectivity index (χ0n) is 18.9. The Kier molecular flexibility index (Phi) is 8.80. The third kappa shape index (κ3) is 6.47. The Labute approximate surface area is 234 Å². The Hall–Kier alpha value is -2.58. The maximum atomic E-state index is 12.8. The molecule has 0 aliphatic carbocycles. The number of hydrogen-bond acceptors (Lipinski definition) is 10. The fourth-order valence-corrected chi connectivity index (χ4v) is 6.86. The lowest BCUT2D eigenvalue weighted by Crippen LogP contribution is -2.70. The van der Waals surface area contributed by atoms with Gasteiger partial charge in [-0.15, -0.1) is 23.5 Å². The van der Waals surface area contributed by atoms with Crippen molar-refractivity contribution in [2.75, 3.05) is 28.7 Å². The first-order valence-electron chi connectivity index (χ1n) is 10.6. The number of carbonyl (C=O) groups excluding carboxylic acids is 2. The molecule has 3 heterocycles. The van der Waals surface area contributed by atoms with Crippen molar-refractivity contribution >= 4 is 87.9 Å². The summed E-state index contributed by atoms with van der Waals surface area (Å²) in [5.41, 5.74) is 11.7. The van der Waals surface area contributed by atoms with E-state index in [0.29, 0.717) is 37.2 Å². The molecular formula is C22H20Cl2N6O4S3. The molecule has 0 bridgehead atoms. The molecule has 37 heavy (non-hydrogen) atoms. The number of allylic oxidation sites excluding steroid dienone is 1. The van der Waals surface area contributed by atoms with Gasteiger partial charge < -0.3 is 21.9 Å². The molecule has 2 atom stereocenters. The Bertz CT molecular complexity index is 1310. The molecule has 1 saturated heterocycles. The molecule has 4 rings (SSSR count). The number of thioether (sulfide) groups is 3. The highest BCUT2D eigenvalue weighted by molar-refractivity contribution is 8.00. The second kappa shape index (κ2) is 11.9. The van der Waals surface area contributed by atoms with Gasteiger partial charge in [-0.1, -0.05) is 47.1 Å². The Morgan fingerprint density at radius 1 is 1.22 bits per heavy atom. The molecule has 10 nitrogen and oxygen atoms in total. The van der Waals surface area contributed by atoms with Crippen molar-refractivity contribution in [2.24, 2.45) is 0 Å². The van der Waals surface area contributed by atoms with Crippen LogP contribution in [0.1, 0.15) is 0 Å². The van der Waals surface area contributed by atoms with E-state index in [9.17, 15) is 19.5 Å². The number of anilines is 2. The highest BCUT2D eigenvalue weighted by Crippen LogP contribution is 2.41. The summed E-state index contributed by atoms with van der Waals surface area (Å²) in [5.74, 6) is -0.716. The molecule has 1 aromatic carbocycles. The number of fused-ring (bicyclic) bond motifs is 1. The van der Waals surface area contributed by atoms with Gasteiger partial charge >= 0.3 is 5.97 Å². The van der Waals surface area contributed by atoms with Gasteiger partial charge in [-0.2, -0.15) is 0 Å². The summed E-state index contributed by atoms with van der Waals surface area (Å²) < 4.78 is 0. The lowest BCUT2D eigenvalue weighted by atomic mass is 10.0. The lowest BCUT2D eigenvalue weighted by Gasteiger charge is -2.49. The van der Waals surface area contributed by atoms with Crippen molar-refractivity contribution in [3.63, 3.8) is 0 Å². The van der Waals surface area contributed by atoms with E-state index in [2.05, 4.69) is 15.3 Å². The molecule has 0 radical (unpaired) electrons. The molecule has 0 unspecified atom stereocenters. The summed E-state index contributed by atoms with van der Waals surface area (Å²) in [7, 11) is 0. The highest BCUT2D eigenvalue weighted by atomic mass is 35.5. The molecule has 6 N–H and O–H groups in total. The van der Waals surface area contributed by atoms with Gasteiger partial charge in [0.15, 0.2) is 5.16 Å². The molecule has 2 aromatic rings. The number of nitrogens with two attached hydrogens (primary N) is 2. The minimum absolute atomic E-state index is 0.0247. The molecule has 2 aliphatic rings. The van der Waals surface area contributed by atoms with E-state index in [0.717, 1.165) is 0 Å². The zero-order valence-corrected chi connectivity index (χ0v) is 22.9. The minimum Gasteiger partial charge on any atom is -0.477 e. The molecule has 194 valence electrons. The fourth-order valence-electron chi connectivity index (χ4n) is 3.56. The van der Waals surface area contributed by atoms with Crippen molar-refractivity contribution in [1.82, 2.24) is 20.2 Å². The highest BCUT2D eigenvalue weighted by Gasteiger charge is 2.53. The van der Waals surface area contributed by atoms with Gasteiger partial charge in [-0.25, -0.2) is 14.8 Å². The van der Waals surface area contributed by atoms with Crippen molar-refractivity contribution < 1.29 is 19.5 Å². The molecule has 1 aromatic heterocycles. The molecule has 2 amide bonds. The largest absolute Gasteiger partial charge is 0.477 e. The number of nitrogens with one attached hydrogen (secondary N) is 1. The first-order chi connectivity index (χ1) is 17.6. The van der Waals surface area contributed by atoms with Crippen molar-refractivity contribution in [3.05, 3.63) is 57.7 Å². The van der Waals surface area contributed by atoms with E-state index in [1.54, 1.807) is 30.4 Å². The Balaban J connectivity index is 1.36. The molecule has 15 heteroatoms. The van der Waals surface area contributed by atoms with Crippen LogP contribution in [-0.4, -0.2) is 66.4 Å². The quantitative estimate of drug-likeness (QED) is 0.190. The monoisotopic (exact) mass is 598 g/mol. The average molecular weight is 600 g/mol. The number of nitrogens with zero attached hydrogens (tertiary/aromatic N) is 3. The number of carboxylic acids is 1. The van der Waals surface area contributed by atoms with Crippen LogP contribution >= 0.6 is 58.5 Å². The normalized spacial score (nSPS) is 19.1. The maximum Gasteiger partial charge on any atom is 0.352 e. The van der Waals surface area contributed by atoms with E-state index in [1.165, 1.54) is 46.3 Å². The van der Waals surface area contributed by atoms with Gasteiger partial charge in [0.1, 0.15) is 28.7 Å². The Morgan fingerprint density at radius 2 is 1.95 bits per heavy atom. The summed E-state index contributed by atoms with van der Waals surface area (Å²) in [6.07, 6.45) is 3.42. The smallest absolute Gasteiger partial charge is 0.352 e. The zero-order chi connectivity index (χ0) is 26.7. The van der Waals surface area contributed by atoms with E-state index >= 15 is 0 Å². The average Bonchev–Trinajstić information content (AvgIpc) is 2.84. The number of benzene rings is 1. The molecule has 2 aliphatic heterocycles. The number of amides is 2. The number of aliphatic carboxylic acids is 1. The van der Waals surface area contributed by atoms with Crippen LogP contribution in [0.2, 0.25) is 10.0 Å². The summed E-state index contributed by atoms with van der Waals surface area (Å²) >= 11 is 16.0. The summed E-state index contributed by atoms with van der Waals surface area (Å²) in [4.78, 5) is 47.4. The maximum absolute atomic E-state index is 12.8. The Morgan fingerprint density at radius 3 is 2.65 bits per heavy atom. The SMILES string of the molecule is Nc1cc(N)nc(SC/C=C/C2=C(C(=O)O)N3C(=O)[C@@H](NC(=O)CSc4cc(Cl)ccc4Cl)[C@H]3SC2)n1. The van der Waals surface area contributed by atoms with Crippen LogP contribution in [-0.2, 0) is 14.4 Å². The van der Waals surface area contributed by atoms with Crippen LogP contribution in [0, 0.1) is 0 Å². The van der Waals surface area contributed by atoms with Crippen LogP contribution in [0.4, 0.5) is 11.6 Å². The summed E-state index contributed by atoms with van der Waals surface area (Å²) in [5, 5.41) is 13.4. The molecular weight excluding hydrogens is 579 g/mol. The number of hydrogen-bond donors (Lipinski definition) is 4. The van der Waals surface area contributed by atoms with Gasteiger partial charge in [0.2, 0.25) is 5.91 Å². The number of nitrogen functional groups attached to an aromatic ring is 2. The number of carboxylic acid groups (broad SMARTS) is 1. The molecule has 1 fully saturated rings. The van der Waals surface area contributed by atoms with Gasteiger partial charge in [0, 0.05) is 27.5 Å². The van der Waals surface area contributed by atoms with Crippen LogP contribution in [0.15, 0.2) is 57.7 Å². The standard InChI is InChI=1S/C22H20Cl2N6O4S3/c23-11-3-4-12(24)13(6-11)36-9-16(31)29-17-19(32)30-18(21(33)34)10(8-37-20(17)30)2-1-5-35-22-27-14(25)7-15(26)28-22/h1-4,6-7,17,20H,5,8-9H2,(H,29,31)(H,33,34)(H4,25,26,27,28)/b2-1+/t17-,20-/m1/s1. The topological polar surface area (TPSA) is 165 Å². The number of halogens is 2. The first-order valence-corrected chi connectivity index (χ1v) is 14.4. The fraction of sp³-hybridized carbons (Fsp3) is 0.227. The predicted molar refractivity (Wildman–Crippen MR) is 148 cm³/mol. The van der Waals surface area contributed by atoms with Crippen molar-refractivity contribution in [1.29, 1.82) is 0 Å². The lowest BCUT2D eigenvalue weighted by molar-refractivity contribution is -0.150. The van der Waals surface area contributed by atoms with E-state index in [1.807, 2.05) is 0 Å². The molecule has 0 saturated carbocycles. The third-order valence-electron chi connectivity index (χ3n) is 5.14. The number of rotatable bonds is 9. The third-order valence-corrected chi connectivity index (χ3v) is 8.98. The van der Waals surface area contributed by atoms with E-state index < -0.39 is 23.3 Å². The van der Waals surface area contributed by atoms with E-state index in [-0.39, 0.29) is 29.0 Å². The van der Waals surface area contributed by atoms with Crippen LogP contribution < -0.4 is 16.8 Å². The number of β-lactam (4-membered cyclic amide) rings is 1. The summed E-state index contributed by atoms with van der Waals surface area (Å²) in [6, 6.07) is 5.59. The van der Waals surface area contributed by atoms with Gasteiger partial charge in [-0.3, -0.25) is 14.5 Å². The predicted octanol–water partition coefficient (Wildman–Crippen LogP) is 3.13. The second-order valence-corrected chi connectivity index (χ2v) is 11.7. The van der Waals surface area contributed by atoms with Crippen molar-refractivity contribution in [3.8, 4) is 0 Å². The van der Waals surface area contributed by atoms with Crippen LogP contribution in [0.3, 0.4) is 0 Å². The minimum atomic E-state index is -1.21. The first kappa shape index (κ1) is 27.5. The molecule has 0 spiro atoms. The van der Waals surface area contributed by atoms with E-state index in [4.69, 9.17) is 34.7 Å². The number of carbonyl (C=O) groups is 3. The summed E-state index contributed by atoms with van der Waals surface area (Å²) in [6.45, 7) is 0. The van der Waals surface area contributed by atoms with Gasteiger partial charge in [0.05, 0.1) is 10.8 Å².